The number of para-hydroxylation sites is 2. The van der Waals surface area contributed by atoms with Gasteiger partial charge in [0.25, 0.3) is 0 Å². The van der Waals surface area contributed by atoms with Gasteiger partial charge in [0, 0.05) is 19.0 Å². The first-order valence-electron chi connectivity index (χ1n) is 9.21. The maximum Gasteiger partial charge on any atom is 0.416 e. The fourth-order valence-electron chi connectivity index (χ4n) is 3.56. The summed E-state index contributed by atoms with van der Waals surface area (Å²) in [6.45, 7) is 1.67. The van der Waals surface area contributed by atoms with E-state index in [2.05, 4.69) is 5.32 Å². The molecule has 0 saturated heterocycles. The lowest BCUT2D eigenvalue weighted by Crippen LogP contribution is -2.44. The van der Waals surface area contributed by atoms with Crippen LogP contribution in [0.15, 0.2) is 48.5 Å². The first-order valence-corrected chi connectivity index (χ1v) is 9.21. The van der Waals surface area contributed by atoms with Crippen molar-refractivity contribution in [2.75, 3.05) is 23.8 Å². The number of anilines is 2. The molecule has 0 spiro atoms. The largest absolute Gasteiger partial charge is 0.416 e. The summed E-state index contributed by atoms with van der Waals surface area (Å²) in [4.78, 5) is 28.2. The number of fused-ring (bicyclic) bond motifs is 1. The van der Waals surface area contributed by atoms with Crippen LogP contribution in [0.2, 0.25) is 0 Å². The number of halogens is 3. The Bertz CT molecular complexity index is 914. The topological polar surface area (TPSA) is 52.7 Å². The second kappa shape index (κ2) is 8.24. The normalized spacial score (nSPS) is 17.0. The molecule has 3 rings (SSSR count). The molecule has 8 heteroatoms. The summed E-state index contributed by atoms with van der Waals surface area (Å²) < 4.78 is 39.7. The maximum absolute atomic E-state index is 13.2. The van der Waals surface area contributed by atoms with Crippen LogP contribution >= 0.6 is 0 Å². The van der Waals surface area contributed by atoms with E-state index in [0.29, 0.717) is 11.4 Å². The molecule has 0 bridgehead atoms. The number of nitrogens with one attached hydrogen (secondary N) is 1. The minimum absolute atomic E-state index is 0.0253. The molecule has 0 aromatic heterocycles. The molecule has 0 saturated carbocycles. The number of likely N-dealkylation sites (N-methyl/N-ethyl adjacent to an activating group) is 1. The van der Waals surface area contributed by atoms with Crippen molar-refractivity contribution in [2.45, 2.75) is 32.1 Å². The predicted octanol–water partition coefficient (Wildman–Crippen LogP) is 3.90. The minimum atomic E-state index is -4.45. The predicted molar refractivity (Wildman–Crippen MR) is 104 cm³/mol. The van der Waals surface area contributed by atoms with Crippen molar-refractivity contribution in [3.63, 3.8) is 0 Å². The third-order valence-electron chi connectivity index (χ3n) is 4.80. The second-order valence-corrected chi connectivity index (χ2v) is 7.21. The molecular weight excluding hydrogens is 383 g/mol. The van der Waals surface area contributed by atoms with E-state index in [4.69, 9.17) is 0 Å². The molecule has 29 heavy (non-hydrogen) atoms. The molecular formula is C21H22F3N3O2. The van der Waals surface area contributed by atoms with Gasteiger partial charge in [-0.2, -0.15) is 13.2 Å². The fourth-order valence-corrected chi connectivity index (χ4v) is 3.56. The molecule has 0 fully saturated rings. The van der Waals surface area contributed by atoms with Gasteiger partial charge in [0.2, 0.25) is 11.8 Å². The highest BCUT2D eigenvalue weighted by Gasteiger charge is 2.34. The Morgan fingerprint density at radius 2 is 1.83 bits per heavy atom. The molecule has 1 unspecified atom stereocenters. The van der Waals surface area contributed by atoms with Crippen molar-refractivity contribution in [2.24, 2.45) is 0 Å². The van der Waals surface area contributed by atoms with Crippen LogP contribution in [0.1, 0.15) is 24.5 Å². The standard InChI is InChI=1S/C21H22F3N3O2/c1-14-11-19(28)25-17-9-5-6-10-18(17)27(14)20(29)13-26(2)12-15-7-3-4-8-16(15)21(22,23)24/h3-10,14H,11-13H2,1-2H3,(H,25,28). The number of alkyl halides is 3. The Balaban J connectivity index is 1.79. The molecule has 0 radical (unpaired) electrons. The molecule has 2 aromatic carbocycles. The average molecular weight is 405 g/mol. The molecule has 2 aromatic rings. The zero-order valence-corrected chi connectivity index (χ0v) is 16.2. The van der Waals surface area contributed by atoms with E-state index in [0.717, 1.165) is 6.07 Å². The van der Waals surface area contributed by atoms with Crippen molar-refractivity contribution in [1.29, 1.82) is 0 Å². The van der Waals surface area contributed by atoms with Crippen LogP contribution in [0, 0.1) is 0 Å². The SMILES string of the molecule is CC1CC(=O)Nc2ccccc2N1C(=O)CN(C)Cc1ccccc1C(F)(F)F. The van der Waals surface area contributed by atoms with Crippen molar-refractivity contribution >= 4 is 23.2 Å². The number of carbonyl (C=O) groups excluding carboxylic acids is 2. The van der Waals surface area contributed by atoms with Crippen LogP contribution in [-0.2, 0) is 22.3 Å². The molecule has 2 amide bonds. The zero-order chi connectivity index (χ0) is 21.2. The van der Waals surface area contributed by atoms with Crippen LogP contribution in [0.4, 0.5) is 24.5 Å². The Morgan fingerprint density at radius 1 is 1.17 bits per heavy atom. The van der Waals surface area contributed by atoms with Gasteiger partial charge in [-0.25, -0.2) is 0 Å². The van der Waals surface area contributed by atoms with E-state index in [9.17, 15) is 22.8 Å². The first-order chi connectivity index (χ1) is 13.7. The van der Waals surface area contributed by atoms with Gasteiger partial charge in [-0.05, 0) is 37.7 Å². The number of benzene rings is 2. The molecule has 1 N–H and O–H groups in total. The van der Waals surface area contributed by atoms with E-state index >= 15 is 0 Å². The van der Waals surface area contributed by atoms with Crippen LogP contribution in [0.3, 0.4) is 0 Å². The molecule has 1 aliphatic rings. The highest BCUT2D eigenvalue weighted by Crippen LogP contribution is 2.33. The summed E-state index contributed by atoms with van der Waals surface area (Å²) in [5.74, 6) is -0.471. The lowest BCUT2D eigenvalue weighted by atomic mass is 10.1. The Kier molecular flexibility index (Phi) is 5.93. The number of rotatable bonds is 4. The van der Waals surface area contributed by atoms with E-state index in [1.54, 1.807) is 54.1 Å². The van der Waals surface area contributed by atoms with Gasteiger partial charge in [0.1, 0.15) is 0 Å². The van der Waals surface area contributed by atoms with Crippen molar-refractivity contribution in [1.82, 2.24) is 4.90 Å². The number of hydrogen-bond acceptors (Lipinski definition) is 3. The number of nitrogens with zero attached hydrogens (tertiary/aromatic N) is 2. The highest BCUT2D eigenvalue weighted by atomic mass is 19.4. The summed E-state index contributed by atoms with van der Waals surface area (Å²) in [7, 11) is 1.60. The average Bonchev–Trinajstić information content (AvgIpc) is 2.75. The Labute approximate surface area is 167 Å². The summed E-state index contributed by atoms with van der Waals surface area (Å²) in [5.41, 5.74) is 0.527. The van der Waals surface area contributed by atoms with E-state index in [-0.39, 0.29) is 42.9 Å². The fraction of sp³-hybridized carbons (Fsp3) is 0.333. The van der Waals surface area contributed by atoms with Crippen LogP contribution in [-0.4, -0.2) is 36.3 Å². The summed E-state index contributed by atoms with van der Waals surface area (Å²) in [6.07, 6.45) is -4.31. The Morgan fingerprint density at radius 3 is 2.55 bits per heavy atom. The van der Waals surface area contributed by atoms with Crippen molar-refractivity contribution < 1.29 is 22.8 Å². The summed E-state index contributed by atoms with van der Waals surface area (Å²) in [6, 6.07) is 12.0. The van der Waals surface area contributed by atoms with Gasteiger partial charge in [-0.3, -0.25) is 14.5 Å². The van der Waals surface area contributed by atoms with E-state index in [1.165, 1.54) is 12.1 Å². The van der Waals surface area contributed by atoms with Gasteiger partial charge in [-0.1, -0.05) is 30.3 Å². The minimum Gasteiger partial charge on any atom is -0.324 e. The number of amides is 2. The first kappa shape index (κ1) is 20.9. The maximum atomic E-state index is 13.2. The molecule has 1 atom stereocenters. The zero-order valence-electron chi connectivity index (χ0n) is 16.2. The van der Waals surface area contributed by atoms with Gasteiger partial charge in [0.15, 0.2) is 0 Å². The van der Waals surface area contributed by atoms with Gasteiger partial charge in [0.05, 0.1) is 23.5 Å². The van der Waals surface area contributed by atoms with Crippen LogP contribution < -0.4 is 10.2 Å². The third kappa shape index (κ3) is 4.76. The van der Waals surface area contributed by atoms with E-state index in [1.807, 2.05) is 0 Å². The van der Waals surface area contributed by atoms with Crippen LogP contribution in [0.25, 0.3) is 0 Å². The van der Waals surface area contributed by atoms with Crippen molar-refractivity contribution in [3.05, 3.63) is 59.7 Å². The monoisotopic (exact) mass is 405 g/mol. The molecule has 154 valence electrons. The lowest BCUT2D eigenvalue weighted by molar-refractivity contribution is -0.138. The van der Waals surface area contributed by atoms with Crippen LogP contribution in [0.5, 0.6) is 0 Å². The van der Waals surface area contributed by atoms with Gasteiger partial charge >= 0.3 is 6.18 Å². The molecule has 5 nitrogen and oxygen atoms in total. The van der Waals surface area contributed by atoms with E-state index < -0.39 is 11.7 Å². The lowest BCUT2D eigenvalue weighted by Gasteiger charge is -2.30. The van der Waals surface area contributed by atoms with Crippen molar-refractivity contribution in [3.8, 4) is 0 Å². The number of carbonyl (C=O) groups is 2. The summed E-state index contributed by atoms with van der Waals surface area (Å²) in [5, 5.41) is 2.78. The third-order valence-corrected chi connectivity index (χ3v) is 4.80. The highest BCUT2D eigenvalue weighted by molar-refractivity contribution is 6.04. The van der Waals surface area contributed by atoms with Gasteiger partial charge in [-0.15, -0.1) is 0 Å². The second-order valence-electron chi connectivity index (χ2n) is 7.21. The molecule has 1 aliphatic heterocycles. The smallest absolute Gasteiger partial charge is 0.324 e. The Hall–Kier alpha value is -2.87. The van der Waals surface area contributed by atoms with Gasteiger partial charge < -0.3 is 10.2 Å². The number of hydrogen-bond donors (Lipinski definition) is 1. The molecule has 0 aliphatic carbocycles. The summed E-state index contributed by atoms with van der Waals surface area (Å²) >= 11 is 0. The quantitative estimate of drug-likeness (QED) is 0.840. The molecule has 1 heterocycles.